The fourth-order valence-corrected chi connectivity index (χ4v) is 5.56. The highest BCUT2D eigenvalue weighted by Gasteiger charge is 2.32. The number of rotatable bonds is 8. The zero-order valence-corrected chi connectivity index (χ0v) is 18.4. The third-order valence-electron chi connectivity index (χ3n) is 5.03. The summed E-state index contributed by atoms with van der Waals surface area (Å²) in [6.07, 6.45) is 1.97. The number of non-ortho nitro benzene ring substituents is 1. The third kappa shape index (κ3) is 5.44. The van der Waals surface area contributed by atoms with Crippen LogP contribution in [0.2, 0.25) is 0 Å². The Balaban J connectivity index is 2.54. The maximum absolute atomic E-state index is 13.6. The van der Waals surface area contributed by atoms with Gasteiger partial charge in [0, 0.05) is 38.3 Å². The van der Waals surface area contributed by atoms with Gasteiger partial charge in [-0.2, -0.15) is 4.31 Å². The Morgan fingerprint density at radius 2 is 1.68 bits per heavy atom. The summed E-state index contributed by atoms with van der Waals surface area (Å²) in [5.74, 6) is 0.922. The maximum Gasteiger partial charge on any atom is 0.270 e. The standard InChI is InChI=1S/C20H33N3O4S/c1-15(2)13-22(14-16(3)4)28(26,27)20-12-18(23(24)25)6-7-19(20)21-10-8-17(5)9-11-21/h6-7,12,15-17H,8-11,13-14H2,1-5H3. The van der Waals surface area contributed by atoms with Crippen LogP contribution in [-0.4, -0.2) is 43.8 Å². The predicted octanol–water partition coefficient (Wildman–Crippen LogP) is 4.13. The molecule has 1 heterocycles. The van der Waals surface area contributed by atoms with Crippen molar-refractivity contribution in [2.24, 2.45) is 17.8 Å². The van der Waals surface area contributed by atoms with Gasteiger partial charge in [-0.3, -0.25) is 10.1 Å². The summed E-state index contributed by atoms with van der Waals surface area (Å²) in [4.78, 5) is 12.9. The number of hydrogen-bond donors (Lipinski definition) is 0. The Kier molecular flexibility index (Phi) is 7.45. The average Bonchev–Trinajstić information content (AvgIpc) is 2.60. The van der Waals surface area contributed by atoms with E-state index in [1.807, 2.05) is 27.7 Å². The molecule has 1 fully saturated rings. The van der Waals surface area contributed by atoms with Gasteiger partial charge in [-0.1, -0.05) is 34.6 Å². The smallest absolute Gasteiger partial charge is 0.270 e. The molecule has 0 saturated carbocycles. The molecule has 1 aromatic carbocycles. The van der Waals surface area contributed by atoms with E-state index in [9.17, 15) is 18.5 Å². The lowest BCUT2D eigenvalue weighted by Crippen LogP contribution is -2.39. The molecule has 0 bridgehead atoms. The van der Waals surface area contributed by atoms with E-state index >= 15 is 0 Å². The largest absolute Gasteiger partial charge is 0.370 e. The minimum atomic E-state index is -3.85. The molecule has 0 unspecified atom stereocenters. The van der Waals surface area contributed by atoms with E-state index in [4.69, 9.17) is 0 Å². The molecule has 0 aromatic heterocycles. The lowest BCUT2D eigenvalue weighted by Gasteiger charge is -2.34. The molecular formula is C20H33N3O4S. The van der Waals surface area contributed by atoms with Crippen LogP contribution in [-0.2, 0) is 10.0 Å². The quantitative estimate of drug-likeness (QED) is 0.474. The van der Waals surface area contributed by atoms with Crippen molar-refractivity contribution in [3.05, 3.63) is 28.3 Å². The molecule has 0 amide bonds. The number of anilines is 1. The molecule has 28 heavy (non-hydrogen) atoms. The van der Waals surface area contributed by atoms with Crippen LogP contribution in [0.1, 0.15) is 47.5 Å². The zero-order chi connectivity index (χ0) is 21.1. The normalized spacial score (nSPS) is 16.4. The van der Waals surface area contributed by atoms with E-state index in [0.29, 0.717) is 24.7 Å². The zero-order valence-electron chi connectivity index (χ0n) is 17.6. The van der Waals surface area contributed by atoms with Crippen molar-refractivity contribution in [1.82, 2.24) is 4.31 Å². The monoisotopic (exact) mass is 411 g/mol. The fourth-order valence-electron chi connectivity index (χ4n) is 3.56. The third-order valence-corrected chi connectivity index (χ3v) is 6.89. The number of sulfonamides is 1. The van der Waals surface area contributed by atoms with Gasteiger partial charge in [-0.15, -0.1) is 0 Å². The molecule has 8 heteroatoms. The summed E-state index contributed by atoms with van der Waals surface area (Å²) in [6, 6.07) is 4.24. The SMILES string of the molecule is CC(C)CN(CC(C)C)S(=O)(=O)c1cc([N+](=O)[O-])ccc1N1CCC(C)CC1. The molecule has 0 aliphatic carbocycles. The highest BCUT2D eigenvalue weighted by atomic mass is 32.2. The van der Waals surface area contributed by atoms with E-state index in [-0.39, 0.29) is 22.4 Å². The van der Waals surface area contributed by atoms with E-state index in [0.717, 1.165) is 25.9 Å². The molecule has 0 spiro atoms. The van der Waals surface area contributed by atoms with E-state index < -0.39 is 14.9 Å². The first-order valence-corrected chi connectivity index (χ1v) is 11.5. The van der Waals surface area contributed by atoms with Crippen LogP contribution in [0.4, 0.5) is 11.4 Å². The highest BCUT2D eigenvalue weighted by molar-refractivity contribution is 7.89. The Morgan fingerprint density at radius 1 is 1.14 bits per heavy atom. The molecule has 7 nitrogen and oxygen atoms in total. The second-order valence-corrected chi connectivity index (χ2v) is 10.6. The van der Waals surface area contributed by atoms with Crippen molar-refractivity contribution in [1.29, 1.82) is 0 Å². The molecule has 0 atom stereocenters. The van der Waals surface area contributed by atoms with Gasteiger partial charge in [-0.25, -0.2) is 8.42 Å². The molecule has 0 radical (unpaired) electrons. The highest BCUT2D eigenvalue weighted by Crippen LogP contribution is 2.34. The average molecular weight is 412 g/mol. The second kappa shape index (κ2) is 9.22. The molecule has 2 rings (SSSR count). The summed E-state index contributed by atoms with van der Waals surface area (Å²) in [6.45, 7) is 12.4. The van der Waals surface area contributed by atoms with Crippen molar-refractivity contribution in [3.8, 4) is 0 Å². The Hall–Kier alpha value is -1.67. The summed E-state index contributed by atoms with van der Waals surface area (Å²) < 4.78 is 28.6. The number of nitrogens with zero attached hydrogens (tertiary/aromatic N) is 3. The first-order chi connectivity index (χ1) is 13.0. The Labute approximate surface area is 168 Å². The summed E-state index contributed by atoms with van der Waals surface area (Å²) in [5, 5.41) is 11.3. The van der Waals surface area contributed by atoms with E-state index in [1.165, 1.54) is 16.4 Å². The van der Waals surface area contributed by atoms with E-state index in [1.54, 1.807) is 6.07 Å². The molecule has 1 aromatic rings. The predicted molar refractivity (Wildman–Crippen MR) is 112 cm³/mol. The number of hydrogen-bond acceptors (Lipinski definition) is 5. The summed E-state index contributed by atoms with van der Waals surface area (Å²) >= 11 is 0. The maximum atomic E-state index is 13.6. The van der Waals surface area contributed by atoms with Gasteiger partial charge in [0.15, 0.2) is 0 Å². The van der Waals surface area contributed by atoms with Gasteiger partial charge in [0.2, 0.25) is 10.0 Å². The lowest BCUT2D eigenvalue weighted by atomic mass is 9.99. The molecule has 1 saturated heterocycles. The van der Waals surface area contributed by atoms with Crippen molar-refractivity contribution < 1.29 is 13.3 Å². The molecule has 0 N–H and O–H groups in total. The minimum Gasteiger partial charge on any atom is -0.370 e. The van der Waals surface area contributed by atoms with Gasteiger partial charge in [0.25, 0.3) is 5.69 Å². The number of piperidine rings is 1. The van der Waals surface area contributed by atoms with Crippen molar-refractivity contribution >= 4 is 21.4 Å². The number of benzene rings is 1. The molecule has 1 aliphatic rings. The summed E-state index contributed by atoms with van der Waals surface area (Å²) in [7, 11) is -3.85. The minimum absolute atomic E-state index is 0.0533. The van der Waals surface area contributed by atoms with Crippen molar-refractivity contribution in [2.75, 3.05) is 31.1 Å². The summed E-state index contributed by atoms with van der Waals surface area (Å²) in [5.41, 5.74) is 0.386. The second-order valence-electron chi connectivity index (χ2n) is 8.69. The molecule has 1 aliphatic heterocycles. The molecule has 158 valence electrons. The van der Waals surface area contributed by atoms with Gasteiger partial charge < -0.3 is 4.90 Å². The fraction of sp³-hybridized carbons (Fsp3) is 0.700. The van der Waals surface area contributed by atoms with E-state index in [2.05, 4.69) is 11.8 Å². The Morgan fingerprint density at radius 3 is 2.14 bits per heavy atom. The van der Waals surface area contributed by atoms with Gasteiger partial charge in [-0.05, 0) is 36.7 Å². The van der Waals surface area contributed by atoms with Gasteiger partial charge >= 0.3 is 0 Å². The topological polar surface area (TPSA) is 83.8 Å². The van der Waals surface area contributed by atoms with Crippen LogP contribution < -0.4 is 4.90 Å². The van der Waals surface area contributed by atoms with Crippen LogP contribution in [0.25, 0.3) is 0 Å². The van der Waals surface area contributed by atoms with Crippen LogP contribution >= 0.6 is 0 Å². The number of nitro benzene ring substituents is 1. The van der Waals surface area contributed by atoms with Gasteiger partial charge in [0.1, 0.15) is 4.90 Å². The van der Waals surface area contributed by atoms with Crippen molar-refractivity contribution in [3.63, 3.8) is 0 Å². The molecular weight excluding hydrogens is 378 g/mol. The van der Waals surface area contributed by atoms with Gasteiger partial charge in [0.05, 0.1) is 10.6 Å². The van der Waals surface area contributed by atoms with Crippen LogP contribution in [0.5, 0.6) is 0 Å². The number of nitro groups is 1. The Bertz CT molecular complexity index is 775. The van der Waals surface area contributed by atoms with Crippen LogP contribution in [0.3, 0.4) is 0 Å². The van der Waals surface area contributed by atoms with Crippen LogP contribution in [0.15, 0.2) is 23.1 Å². The van der Waals surface area contributed by atoms with Crippen molar-refractivity contribution in [2.45, 2.75) is 52.4 Å². The first kappa shape index (κ1) is 22.6. The lowest BCUT2D eigenvalue weighted by molar-refractivity contribution is -0.385. The van der Waals surface area contributed by atoms with Crippen LogP contribution in [0, 0.1) is 27.9 Å². The first-order valence-electron chi connectivity index (χ1n) is 10.1.